The van der Waals surface area contributed by atoms with Gasteiger partial charge in [-0.2, -0.15) is 0 Å². The second-order valence-electron chi connectivity index (χ2n) is 18.3. The monoisotopic (exact) mass is 640 g/mol. The van der Waals surface area contributed by atoms with Crippen LogP contribution < -0.4 is 5.32 Å². The highest BCUT2D eigenvalue weighted by atomic mass is 16.5. The predicted octanol–water partition coefficient (Wildman–Crippen LogP) is 7.40. The summed E-state index contributed by atoms with van der Waals surface area (Å²) in [5, 5.41) is 12.9. The fraction of sp³-hybridized carbons (Fsp3) is 0.842. The van der Waals surface area contributed by atoms with Gasteiger partial charge in [0.15, 0.2) is 5.78 Å². The highest BCUT2D eigenvalue weighted by Crippen LogP contribution is 2.75. The van der Waals surface area contributed by atoms with Crippen molar-refractivity contribution < 1.29 is 29.0 Å². The lowest BCUT2D eigenvalue weighted by molar-refractivity contribution is -0.232. The zero-order valence-corrected chi connectivity index (χ0v) is 30.4. The lowest BCUT2D eigenvalue weighted by Crippen LogP contribution is -2.67. The fourth-order valence-electron chi connectivity index (χ4n) is 11.9. The van der Waals surface area contributed by atoms with E-state index in [1.807, 2.05) is 0 Å². The highest BCUT2D eigenvalue weighted by molar-refractivity contribution is 6.02. The third-order valence-electron chi connectivity index (χ3n) is 14.6. The van der Waals surface area contributed by atoms with Crippen LogP contribution in [-0.4, -0.2) is 59.5 Å². The molecule has 46 heavy (non-hydrogen) atoms. The van der Waals surface area contributed by atoms with E-state index in [1.54, 1.807) is 32.8 Å². The molecule has 8 nitrogen and oxygen atoms in total. The van der Waals surface area contributed by atoms with Gasteiger partial charge in [0.25, 0.3) is 0 Å². The molecule has 4 saturated carbocycles. The van der Waals surface area contributed by atoms with Gasteiger partial charge < -0.3 is 20.1 Å². The number of carbonyl (C=O) groups excluding carboxylic acids is 3. The number of fused-ring (bicyclic) bond motifs is 7. The molecular formula is C38H60N2O6. The number of hydrogen-bond acceptors (Lipinski definition) is 5. The van der Waals surface area contributed by atoms with Crippen LogP contribution in [0.5, 0.6) is 0 Å². The van der Waals surface area contributed by atoms with Gasteiger partial charge in [0.05, 0.1) is 17.4 Å². The number of ketones is 1. The van der Waals surface area contributed by atoms with Crippen LogP contribution in [0.25, 0.3) is 0 Å². The molecule has 5 rings (SSSR count). The van der Waals surface area contributed by atoms with Crippen molar-refractivity contribution >= 4 is 23.8 Å². The Kier molecular flexibility index (Phi) is 8.42. The van der Waals surface area contributed by atoms with Crippen LogP contribution in [0.3, 0.4) is 0 Å². The van der Waals surface area contributed by atoms with Crippen molar-refractivity contribution in [3.8, 4) is 0 Å². The Morgan fingerprint density at radius 3 is 2.17 bits per heavy atom. The molecule has 2 amide bonds. The second-order valence-corrected chi connectivity index (χ2v) is 18.3. The number of esters is 1. The maximum atomic E-state index is 13.7. The molecule has 0 spiro atoms. The van der Waals surface area contributed by atoms with Gasteiger partial charge >= 0.3 is 18.0 Å². The number of Topliss-reactive ketones (excluding diaryl/α,β-unsaturated/α-hetero) is 1. The first-order chi connectivity index (χ1) is 21.1. The van der Waals surface area contributed by atoms with Gasteiger partial charge in [-0.1, -0.05) is 48.5 Å². The minimum atomic E-state index is -1.16. The van der Waals surface area contributed by atoms with Crippen molar-refractivity contribution in [2.45, 2.75) is 138 Å². The Morgan fingerprint density at radius 2 is 1.59 bits per heavy atom. The number of carboxylic acid groups (broad SMARTS) is 1. The molecular weight excluding hydrogens is 580 g/mol. The van der Waals surface area contributed by atoms with Gasteiger partial charge in [-0.3, -0.25) is 14.4 Å². The van der Waals surface area contributed by atoms with Gasteiger partial charge in [0, 0.05) is 25.9 Å². The molecule has 5 aliphatic rings. The van der Waals surface area contributed by atoms with Crippen molar-refractivity contribution in [2.24, 2.45) is 50.7 Å². The number of carbonyl (C=O) groups is 4. The van der Waals surface area contributed by atoms with E-state index >= 15 is 0 Å². The smallest absolute Gasteiger partial charge is 0.317 e. The summed E-state index contributed by atoms with van der Waals surface area (Å²) in [5.41, 5.74) is 0.339. The van der Waals surface area contributed by atoms with Crippen LogP contribution in [0.2, 0.25) is 0 Å². The van der Waals surface area contributed by atoms with Crippen LogP contribution in [-0.2, 0) is 19.1 Å². The molecule has 0 saturated heterocycles. The standard InChI is InChI=1S/C38H60N2O6/c1-22(2)29-24(41)20-38(39-32(45)40(10)11)19-18-36(8)23(30(29)38)12-13-26-35(7)16-15-27(46-28(42)21-33(3,4)31(43)44)34(5,6)25(35)14-17-37(26,36)9/h22-23,25-27H,12-21H2,1-11H3,(H,39,45)(H,43,44)/t23-,25+,26-,27+,35+,36-,37-,38-/m1/s1. The Balaban J connectivity index is 1.46. The summed E-state index contributed by atoms with van der Waals surface area (Å²) >= 11 is 0. The number of nitrogens with zero attached hydrogens (tertiary/aromatic N) is 1. The molecule has 0 unspecified atom stereocenters. The summed E-state index contributed by atoms with van der Waals surface area (Å²) < 4.78 is 6.13. The largest absolute Gasteiger partial charge is 0.481 e. The van der Waals surface area contributed by atoms with Crippen molar-refractivity contribution in [1.29, 1.82) is 0 Å². The van der Waals surface area contributed by atoms with Gasteiger partial charge in [-0.05, 0) is 116 Å². The first-order valence-electron chi connectivity index (χ1n) is 17.8. The number of carboxylic acids is 1. The van der Waals surface area contributed by atoms with E-state index in [0.29, 0.717) is 18.3 Å². The highest BCUT2D eigenvalue weighted by Gasteiger charge is 2.70. The number of ether oxygens (including phenoxy) is 1. The van der Waals surface area contributed by atoms with Crippen molar-refractivity contribution in [3.05, 3.63) is 11.1 Å². The zero-order valence-electron chi connectivity index (χ0n) is 30.4. The third-order valence-corrected chi connectivity index (χ3v) is 14.6. The summed E-state index contributed by atoms with van der Waals surface area (Å²) in [6, 6.07) is -0.127. The minimum absolute atomic E-state index is 0.00773. The summed E-state index contributed by atoms with van der Waals surface area (Å²) in [6.07, 6.45) is 7.74. The molecule has 4 fully saturated rings. The van der Waals surface area contributed by atoms with Crippen LogP contribution in [0.4, 0.5) is 4.79 Å². The molecule has 0 bridgehead atoms. The molecule has 0 heterocycles. The van der Waals surface area contributed by atoms with Gasteiger partial charge in [-0.25, -0.2) is 4.79 Å². The average molecular weight is 641 g/mol. The average Bonchev–Trinajstić information content (AvgIpc) is 3.22. The van der Waals surface area contributed by atoms with Crippen LogP contribution in [0, 0.1) is 50.7 Å². The molecule has 0 aliphatic heterocycles. The van der Waals surface area contributed by atoms with E-state index in [2.05, 4.69) is 53.8 Å². The number of allylic oxidation sites excluding steroid dienone is 1. The number of aliphatic carboxylic acids is 1. The van der Waals surface area contributed by atoms with E-state index in [1.165, 1.54) is 5.57 Å². The number of nitrogens with one attached hydrogen (secondary N) is 1. The molecule has 0 radical (unpaired) electrons. The maximum Gasteiger partial charge on any atom is 0.317 e. The van der Waals surface area contributed by atoms with Crippen molar-refractivity contribution in [2.75, 3.05) is 14.1 Å². The molecule has 2 N–H and O–H groups in total. The summed E-state index contributed by atoms with van der Waals surface area (Å²) in [5.74, 6) is 0.0175. The lowest BCUT2D eigenvalue weighted by Gasteiger charge is -2.72. The number of urea groups is 1. The minimum Gasteiger partial charge on any atom is -0.481 e. The molecule has 8 heteroatoms. The van der Waals surface area contributed by atoms with Gasteiger partial charge in [0.2, 0.25) is 0 Å². The van der Waals surface area contributed by atoms with E-state index < -0.39 is 22.9 Å². The molecule has 0 aromatic rings. The van der Waals surface area contributed by atoms with Crippen LogP contribution in [0.1, 0.15) is 127 Å². The Hall–Kier alpha value is -2.38. The van der Waals surface area contributed by atoms with Crippen LogP contribution in [0.15, 0.2) is 11.1 Å². The molecule has 0 aromatic heterocycles. The summed E-state index contributed by atoms with van der Waals surface area (Å²) in [6.45, 7) is 19.5. The quantitative estimate of drug-likeness (QED) is 0.293. The van der Waals surface area contributed by atoms with E-state index in [-0.39, 0.29) is 57.8 Å². The SMILES string of the molecule is CC(C)C1=C2[C@H]3CC[C@@H]4[C@@]5(C)CC[C@H](OC(=O)CC(C)(C)C(=O)O)C(C)(C)[C@@H]5CC[C@@]4(C)[C@]3(C)CC[C@@]2(NC(=O)N(C)C)CC1=O. The third kappa shape index (κ3) is 4.96. The Bertz CT molecular complexity index is 1350. The van der Waals surface area contributed by atoms with E-state index in [9.17, 15) is 24.3 Å². The van der Waals surface area contributed by atoms with Gasteiger partial charge in [0.1, 0.15) is 6.10 Å². The Labute approximate surface area is 276 Å². The maximum absolute atomic E-state index is 13.7. The lowest BCUT2D eigenvalue weighted by atomic mass is 9.33. The summed E-state index contributed by atoms with van der Waals surface area (Å²) in [4.78, 5) is 53.1. The summed E-state index contributed by atoms with van der Waals surface area (Å²) in [7, 11) is 3.53. The fourth-order valence-corrected chi connectivity index (χ4v) is 11.9. The van der Waals surface area contributed by atoms with E-state index in [4.69, 9.17) is 4.74 Å². The van der Waals surface area contributed by atoms with E-state index in [0.717, 1.165) is 56.9 Å². The molecule has 5 aliphatic carbocycles. The normalized spacial score (nSPS) is 40.0. The Morgan fingerprint density at radius 1 is 0.935 bits per heavy atom. The first-order valence-corrected chi connectivity index (χ1v) is 17.8. The topological polar surface area (TPSA) is 113 Å². The number of amides is 2. The predicted molar refractivity (Wildman–Crippen MR) is 178 cm³/mol. The zero-order chi connectivity index (χ0) is 34.4. The van der Waals surface area contributed by atoms with Crippen molar-refractivity contribution in [3.63, 3.8) is 0 Å². The first kappa shape index (κ1) is 34.9. The number of rotatable bonds is 6. The molecule has 8 atom stereocenters. The second kappa shape index (κ2) is 11.1. The van der Waals surface area contributed by atoms with Gasteiger partial charge in [-0.15, -0.1) is 0 Å². The van der Waals surface area contributed by atoms with Crippen LogP contribution >= 0.6 is 0 Å². The molecule has 0 aromatic carbocycles. The molecule has 258 valence electrons. The van der Waals surface area contributed by atoms with Crippen molar-refractivity contribution in [1.82, 2.24) is 10.2 Å². The number of hydrogen-bond donors (Lipinski definition) is 2.